The van der Waals surface area contributed by atoms with Crippen LogP contribution in [0.1, 0.15) is 5.69 Å². The zero-order chi connectivity index (χ0) is 18.2. The highest BCUT2D eigenvalue weighted by Gasteiger charge is 2.19. The van der Waals surface area contributed by atoms with E-state index in [-0.39, 0.29) is 13.1 Å². The van der Waals surface area contributed by atoms with Crippen LogP contribution in [0.4, 0.5) is 0 Å². The van der Waals surface area contributed by atoms with Crippen LogP contribution in [0.3, 0.4) is 0 Å². The first-order valence-electron chi connectivity index (χ1n) is 8.40. The molecule has 0 bridgehead atoms. The number of aliphatic carboxylic acids is 2. The van der Waals surface area contributed by atoms with Gasteiger partial charge >= 0.3 is 11.9 Å². The van der Waals surface area contributed by atoms with E-state index < -0.39 is 11.9 Å². The molecule has 1 aliphatic rings. The van der Waals surface area contributed by atoms with Crippen molar-refractivity contribution >= 4 is 11.9 Å². The first-order chi connectivity index (χ1) is 11.9. The van der Waals surface area contributed by atoms with Gasteiger partial charge in [-0.1, -0.05) is 5.21 Å². The Balaban J connectivity index is 1.95. The number of carboxylic acid groups (broad SMARTS) is 2. The van der Waals surface area contributed by atoms with Crippen LogP contribution in [0.2, 0.25) is 0 Å². The Morgan fingerprint density at radius 3 is 1.80 bits per heavy atom. The number of rotatable bonds is 7. The van der Waals surface area contributed by atoms with E-state index in [2.05, 4.69) is 15.2 Å². The second kappa shape index (κ2) is 9.44. The van der Waals surface area contributed by atoms with Crippen LogP contribution in [0.25, 0.3) is 0 Å². The van der Waals surface area contributed by atoms with Crippen molar-refractivity contribution in [2.45, 2.75) is 13.5 Å². The molecule has 0 spiro atoms. The molecule has 25 heavy (non-hydrogen) atoms. The first kappa shape index (κ1) is 19.3. The van der Waals surface area contributed by atoms with Crippen molar-refractivity contribution in [3.05, 3.63) is 11.9 Å². The summed E-state index contributed by atoms with van der Waals surface area (Å²) in [6.45, 7) is 7.14. The lowest BCUT2D eigenvalue weighted by atomic mass is 10.4. The normalized spacial score (nSPS) is 18.4. The molecule has 140 valence electrons. The van der Waals surface area contributed by atoms with Crippen molar-refractivity contribution in [3.8, 4) is 0 Å². The number of hydrogen-bond donors (Lipinski definition) is 2. The third kappa shape index (κ3) is 7.16. The smallest absolute Gasteiger partial charge is 0.317 e. The Hall–Kier alpha value is -2.04. The Bertz CT molecular complexity index is 550. The minimum Gasteiger partial charge on any atom is -0.480 e. The minimum atomic E-state index is -0.867. The number of carbonyl (C=O) groups is 2. The molecule has 1 aliphatic heterocycles. The monoisotopic (exact) mass is 354 g/mol. The van der Waals surface area contributed by atoms with Gasteiger partial charge in [0.1, 0.15) is 0 Å². The van der Waals surface area contributed by atoms with E-state index in [1.165, 1.54) is 0 Å². The lowest BCUT2D eigenvalue weighted by Gasteiger charge is -2.24. The number of nitrogens with zero attached hydrogens (tertiary/aromatic N) is 6. The van der Waals surface area contributed by atoms with Crippen molar-refractivity contribution < 1.29 is 19.8 Å². The molecule has 2 rings (SSSR count). The predicted octanol–water partition coefficient (Wildman–Crippen LogP) is -1.32. The highest BCUT2D eigenvalue weighted by atomic mass is 16.4. The fourth-order valence-corrected chi connectivity index (χ4v) is 2.85. The molecule has 2 heterocycles. The molecule has 10 nitrogen and oxygen atoms in total. The minimum absolute atomic E-state index is 0.0307. The zero-order valence-corrected chi connectivity index (χ0v) is 14.5. The van der Waals surface area contributed by atoms with Gasteiger partial charge in [0.05, 0.1) is 25.3 Å². The van der Waals surface area contributed by atoms with E-state index in [4.69, 9.17) is 10.2 Å². The quantitative estimate of drug-likeness (QED) is 0.615. The van der Waals surface area contributed by atoms with E-state index in [1.807, 2.05) is 22.9 Å². The number of hydrogen-bond acceptors (Lipinski definition) is 7. The standard InChI is InChI=1S/C15H26N6O4/c1-13-10-21(17-16-13)9-8-18-2-4-19(11-14(22)23)6-7-20(5-3-18)12-15(24)25/h10H,2-9,11-12H2,1H3,(H,22,23)(H,24,25). The largest absolute Gasteiger partial charge is 0.480 e. The predicted molar refractivity (Wildman–Crippen MR) is 89.4 cm³/mol. The molecule has 10 heteroatoms. The molecule has 1 aromatic rings. The Morgan fingerprint density at radius 1 is 0.920 bits per heavy atom. The Kier molecular flexibility index (Phi) is 7.29. The number of carboxylic acids is 2. The highest BCUT2D eigenvalue weighted by Crippen LogP contribution is 2.02. The van der Waals surface area contributed by atoms with Gasteiger partial charge in [0.15, 0.2) is 0 Å². The molecule has 0 aliphatic carbocycles. The van der Waals surface area contributed by atoms with Crippen molar-refractivity contribution in [2.24, 2.45) is 0 Å². The van der Waals surface area contributed by atoms with Crippen molar-refractivity contribution in [3.63, 3.8) is 0 Å². The lowest BCUT2D eigenvalue weighted by molar-refractivity contribution is -0.140. The summed E-state index contributed by atoms with van der Waals surface area (Å²) in [7, 11) is 0. The van der Waals surface area contributed by atoms with Gasteiger partial charge in [-0.15, -0.1) is 5.10 Å². The van der Waals surface area contributed by atoms with Crippen LogP contribution in [0.5, 0.6) is 0 Å². The van der Waals surface area contributed by atoms with Crippen LogP contribution in [-0.2, 0) is 16.1 Å². The van der Waals surface area contributed by atoms with Crippen molar-refractivity contribution in [2.75, 3.05) is 58.9 Å². The van der Waals surface area contributed by atoms with Gasteiger partial charge < -0.3 is 10.2 Å². The second-order valence-electron chi connectivity index (χ2n) is 6.30. The molecule has 0 saturated carbocycles. The fraction of sp³-hybridized carbons (Fsp3) is 0.733. The maximum absolute atomic E-state index is 11.0. The van der Waals surface area contributed by atoms with Gasteiger partial charge in [-0.25, -0.2) is 0 Å². The summed E-state index contributed by atoms with van der Waals surface area (Å²) in [5, 5.41) is 26.1. The third-order valence-corrected chi connectivity index (χ3v) is 4.21. The van der Waals surface area contributed by atoms with Gasteiger partial charge in [-0.2, -0.15) is 0 Å². The summed E-state index contributed by atoms with van der Waals surface area (Å²) in [5.41, 5.74) is 0.865. The molecule has 0 aromatic carbocycles. The van der Waals surface area contributed by atoms with Crippen LogP contribution in [0, 0.1) is 6.92 Å². The number of aromatic nitrogens is 3. The van der Waals surface area contributed by atoms with Crippen LogP contribution in [-0.4, -0.2) is 111 Å². The molecule has 0 unspecified atom stereocenters. The maximum Gasteiger partial charge on any atom is 0.317 e. The first-order valence-corrected chi connectivity index (χ1v) is 8.40. The summed E-state index contributed by atoms with van der Waals surface area (Å²) in [4.78, 5) is 28.0. The SMILES string of the molecule is Cc1cn(CCN2CCN(CC(=O)O)CCN(CC(=O)O)CC2)nn1. The van der Waals surface area contributed by atoms with E-state index >= 15 is 0 Å². The summed E-state index contributed by atoms with van der Waals surface area (Å²) >= 11 is 0. The molecular formula is C15H26N6O4. The average molecular weight is 354 g/mol. The van der Waals surface area contributed by atoms with Crippen molar-refractivity contribution in [1.82, 2.24) is 29.7 Å². The molecule has 0 radical (unpaired) electrons. The molecule has 1 aromatic heterocycles. The van der Waals surface area contributed by atoms with E-state index in [1.54, 1.807) is 4.68 Å². The van der Waals surface area contributed by atoms with E-state index in [0.717, 1.165) is 25.3 Å². The van der Waals surface area contributed by atoms with Crippen LogP contribution >= 0.6 is 0 Å². The molecular weight excluding hydrogens is 328 g/mol. The maximum atomic E-state index is 11.0. The van der Waals surface area contributed by atoms with E-state index in [9.17, 15) is 9.59 Å². The van der Waals surface area contributed by atoms with Gasteiger partial charge in [0.2, 0.25) is 0 Å². The van der Waals surface area contributed by atoms with Gasteiger partial charge in [0, 0.05) is 52.0 Å². The molecule has 0 atom stereocenters. The average Bonchev–Trinajstić information content (AvgIpc) is 2.97. The molecule has 1 fully saturated rings. The Labute approximate surface area is 146 Å². The topological polar surface area (TPSA) is 115 Å². The fourth-order valence-electron chi connectivity index (χ4n) is 2.85. The molecule has 2 N–H and O–H groups in total. The van der Waals surface area contributed by atoms with Gasteiger partial charge in [-0.05, 0) is 6.92 Å². The van der Waals surface area contributed by atoms with Gasteiger partial charge in [-0.3, -0.25) is 29.0 Å². The Morgan fingerprint density at radius 2 is 1.40 bits per heavy atom. The molecule has 1 saturated heterocycles. The van der Waals surface area contributed by atoms with Crippen LogP contribution < -0.4 is 0 Å². The third-order valence-electron chi connectivity index (χ3n) is 4.21. The highest BCUT2D eigenvalue weighted by molar-refractivity contribution is 5.69. The van der Waals surface area contributed by atoms with Gasteiger partial charge in [0.25, 0.3) is 0 Å². The van der Waals surface area contributed by atoms with Crippen LogP contribution in [0.15, 0.2) is 6.20 Å². The van der Waals surface area contributed by atoms with Crippen molar-refractivity contribution in [1.29, 1.82) is 0 Å². The summed E-state index contributed by atoms with van der Waals surface area (Å²) in [6.07, 6.45) is 1.88. The summed E-state index contributed by atoms with van der Waals surface area (Å²) in [5.74, 6) is -1.73. The summed E-state index contributed by atoms with van der Waals surface area (Å²) < 4.78 is 1.78. The lowest BCUT2D eigenvalue weighted by Crippen LogP contribution is -2.40. The second-order valence-corrected chi connectivity index (χ2v) is 6.30. The number of aryl methyl sites for hydroxylation is 1. The van der Waals surface area contributed by atoms with E-state index in [0.29, 0.717) is 32.7 Å². The molecule has 0 amide bonds. The summed E-state index contributed by atoms with van der Waals surface area (Å²) in [6, 6.07) is 0. The zero-order valence-electron chi connectivity index (χ0n) is 14.5.